The fourth-order valence-corrected chi connectivity index (χ4v) is 2.58. The Morgan fingerprint density at radius 1 is 1.38 bits per heavy atom. The third-order valence-corrected chi connectivity index (χ3v) is 3.20. The smallest absolute Gasteiger partial charge is 0.0672 e. The normalized spacial score (nSPS) is 11.2. The van der Waals surface area contributed by atoms with Crippen LogP contribution in [0.25, 0.3) is 10.9 Å². The van der Waals surface area contributed by atoms with E-state index in [1.54, 1.807) is 0 Å². The molecule has 2 aromatic rings. The zero-order valence-corrected chi connectivity index (χ0v) is 10.5. The average molecular weight is 237 g/mol. The molecule has 0 aliphatic rings. The molecular formula is C13H17ClN2. The fourth-order valence-electron chi connectivity index (χ4n) is 2.20. The number of hydrogen-bond acceptors (Lipinski definition) is 1. The second kappa shape index (κ2) is 4.48. The summed E-state index contributed by atoms with van der Waals surface area (Å²) in [7, 11) is 0. The highest BCUT2D eigenvalue weighted by Gasteiger charge is 2.10. The molecule has 1 heterocycles. The van der Waals surface area contributed by atoms with Gasteiger partial charge in [-0.3, -0.25) is 0 Å². The molecule has 2 rings (SSSR count). The SMILES string of the molecule is CCn1cc(CCN)c2cc(C)cc(Cl)c21. The van der Waals surface area contributed by atoms with Gasteiger partial charge in [0.1, 0.15) is 0 Å². The Morgan fingerprint density at radius 2 is 2.12 bits per heavy atom. The molecule has 16 heavy (non-hydrogen) atoms. The second-order valence-electron chi connectivity index (χ2n) is 4.12. The summed E-state index contributed by atoms with van der Waals surface area (Å²) in [6.45, 7) is 5.81. The molecule has 0 atom stereocenters. The molecule has 0 spiro atoms. The fraction of sp³-hybridized carbons (Fsp3) is 0.385. The van der Waals surface area contributed by atoms with E-state index in [0.717, 1.165) is 23.5 Å². The Kier molecular flexibility index (Phi) is 3.22. The number of nitrogens with two attached hydrogens (primary N) is 1. The molecule has 0 saturated carbocycles. The number of aryl methyl sites for hydroxylation is 2. The van der Waals surface area contributed by atoms with Gasteiger partial charge in [0.2, 0.25) is 0 Å². The largest absolute Gasteiger partial charge is 0.346 e. The molecule has 0 saturated heterocycles. The number of nitrogens with zero attached hydrogens (tertiary/aromatic N) is 1. The highest BCUT2D eigenvalue weighted by molar-refractivity contribution is 6.35. The van der Waals surface area contributed by atoms with Crippen LogP contribution in [0.2, 0.25) is 5.02 Å². The molecule has 0 fully saturated rings. The number of fused-ring (bicyclic) bond motifs is 1. The lowest BCUT2D eigenvalue weighted by Crippen LogP contribution is -2.02. The third kappa shape index (κ3) is 1.83. The molecular weight excluding hydrogens is 220 g/mol. The Bertz CT molecular complexity index is 514. The van der Waals surface area contributed by atoms with Crippen LogP contribution in [0.5, 0.6) is 0 Å². The summed E-state index contributed by atoms with van der Waals surface area (Å²) in [5.74, 6) is 0. The van der Waals surface area contributed by atoms with Crippen LogP contribution in [-0.2, 0) is 13.0 Å². The number of hydrogen-bond donors (Lipinski definition) is 1. The van der Waals surface area contributed by atoms with E-state index in [0.29, 0.717) is 6.54 Å². The van der Waals surface area contributed by atoms with Gasteiger partial charge >= 0.3 is 0 Å². The quantitative estimate of drug-likeness (QED) is 0.872. The van der Waals surface area contributed by atoms with Crippen molar-refractivity contribution in [2.24, 2.45) is 5.73 Å². The maximum atomic E-state index is 6.31. The Labute approximate surface area is 101 Å². The van der Waals surface area contributed by atoms with Gasteiger partial charge in [-0.05, 0) is 50.1 Å². The minimum Gasteiger partial charge on any atom is -0.346 e. The first-order chi connectivity index (χ1) is 7.67. The van der Waals surface area contributed by atoms with Gasteiger partial charge in [-0.1, -0.05) is 11.6 Å². The summed E-state index contributed by atoms with van der Waals surface area (Å²) in [6.07, 6.45) is 3.08. The second-order valence-corrected chi connectivity index (χ2v) is 4.53. The van der Waals surface area contributed by atoms with Gasteiger partial charge in [-0.15, -0.1) is 0 Å². The van der Waals surface area contributed by atoms with Crippen molar-refractivity contribution in [1.29, 1.82) is 0 Å². The molecule has 0 aliphatic carbocycles. The number of halogens is 1. The molecule has 2 N–H and O–H groups in total. The highest BCUT2D eigenvalue weighted by atomic mass is 35.5. The molecule has 0 radical (unpaired) electrons. The molecule has 86 valence electrons. The molecule has 3 heteroatoms. The summed E-state index contributed by atoms with van der Waals surface area (Å²) >= 11 is 6.31. The van der Waals surface area contributed by atoms with Gasteiger partial charge in [0.15, 0.2) is 0 Å². The van der Waals surface area contributed by atoms with E-state index in [-0.39, 0.29) is 0 Å². The van der Waals surface area contributed by atoms with Crippen LogP contribution in [0.4, 0.5) is 0 Å². The van der Waals surface area contributed by atoms with Gasteiger partial charge in [0.25, 0.3) is 0 Å². The van der Waals surface area contributed by atoms with Crippen LogP contribution >= 0.6 is 11.6 Å². The van der Waals surface area contributed by atoms with Crippen molar-refractivity contribution in [1.82, 2.24) is 4.57 Å². The van der Waals surface area contributed by atoms with Crippen molar-refractivity contribution < 1.29 is 0 Å². The van der Waals surface area contributed by atoms with Gasteiger partial charge < -0.3 is 10.3 Å². The van der Waals surface area contributed by atoms with Gasteiger partial charge in [0.05, 0.1) is 10.5 Å². The van der Waals surface area contributed by atoms with Crippen LogP contribution < -0.4 is 5.73 Å². The minimum absolute atomic E-state index is 0.675. The maximum Gasteiger partial charge on any atom is 0.0672 e. The Hall–Kier alpha value is -0.990. The van der Waals surface area contributed by atoms with Crippen LogP contribution in [-0.4, -0.2) is 11.1 Å². The number of benzene rings is 1. The number of aromatic nitrogens is 1. The topological polar surface area (TPSA) is 30.9 Å². The van der Waals surface area contributed by atoms with Crippen LogP contribution in [0.1, 0.15) is 18.1 Å². The molecule has 1 aromatic heterocycles. The predicted octanol–water partition coefficient (Wildman–Crippen LogP) is 3.12. The van der Waals surface area contributed by atoms with E-state index in [2.05, 4.69) is 30.7 Å². The number of rotatable bonds is 3. The Balaban J connectivity index is 2.74. The van der Waals surface area contributed by atoms with Crippen molar-refractivity contribution in [3.63, 3.8) is 0 Å². The molecule has 0 amide bonds. The molecule has 2 nitrogen and oxygen atoms in total. The Morgan fingerprint density at radius 3 is 2.75 bits per heavy atom. The molecule has 0 aliphatic heterocycles. The average Bonchev–Trinajstić information content (AvgIpc) is 2.57. The third-order valence-electron chi connectivity index (χ3n) is 2.91. The van der Waals surface area contributed by atoms with Gasteiger partial charge in [-0.25, -0.2) is 0 Å². The van der Waals surface area contributed by atoms with E-state index in [1.807, 2.05) is 6.07 Å². The van der Waals surface area contributed by atoms with E-state index >= 15 is 0 Å². The van der Waals surface area contributed by atoms with E-state index < -0.39 is 0 Å². The minimum atomic E-state index is 0.675. The van der Waals surface area contributed by atoms with Crippen LogP contribution in [0.3, 0.4) is 0 Å². The standard InChI is InChI=1S/C13H17ClN2/c1-3-16-8-10(4-5-15)11-6-9(2)7-12(14)13(11)16/h6-8H,3-5,15H2,1-2H3. The van der Waals surface area contributed by atoms with Crippen LogP contribution in [0, 0.1) is 6.92 Å². The lowest BCUT2D eigenvalue weighted by Gasteiger charge is -2.03. The van der Waals surface area contributed by atoms with Crippen LogP contribution in [0.15, 0.2) is 18.3 Å². The molecule has 0 unspecified atom stereocenters. The summed E-state index contributed by atoms with van der Waals surface area (Å²) in [5, 5.41) is 2.08. The molecule has 1 aromatic carbocycles. The van der Waals surface area contributed by atoms with Crippen molar-refractivity contribution in [3.8, 4) is 0 Å². The van der Waals surface area contributed by atoms with Gasteiger partial charge in [-0.2, -0.15) is 0 Å². The lowest BCUT2D eigenvalue weighted by molar-refractivity contribution is 0.790. The highest BCUT2D eigenvalue weighted by Crippen LogP contribution is 2.29. The monoisotopic (exact) mass is 236 g/mol. The first-order valence-electron chi connectivity index (χ1n) is 5.65. The van der Waals surface area contributed by atoms with E-state index in [1.165, 1.54) is 16.5 Å². The van der Waals surface area contributed by atoms with Crippen molar-refractivity contribution in [3.05, 3.63) is 34.5 Å². The predicted molar refractivity (Wildman–Crippen MR) is 70.1 cm³/mol. The summed E-state index contributed by atoms with van der Waals surface area (Å²) < 4.78 is 2.20. The summed E-state index contributed by atoms with van der Waals surface area (Å²) in [4.78, 5) is 0. The molecule has 0 bridgehead atoms. The summed E-state index contributed by atoms with van der Waals surface area (Å²) in [6, 6.07) is 4.21. The van der Waals surface area contributed by atoms with Crippen molar-refractivity contribution >= 4 is 22.5 Å². The lowest BCUT2D eigenvalue weighted by atomic mass is 10.1. The van der Waals surface area contributed by atoms with Crippen molar-refractivity contribution in [2.75, 3.05) is 6.54 Å². The summed E-state index contributed by atoms with van der Waals surface area (Å²) in [5.41, 5.74) is 9.27. The first-order valence-corrected chi connectivity index (χ1v) is 6.03. The maximum absolute atomic E-state index is 6.31. The zero-order valence-electron chi connectivity index (χ0n) is 9.76. The first kappa shape index (κ1) is 11.5. The van der Waals surface area contributed by atoms with E-state index in [9.17, 15) is 0 Å². The zero-order chi connectivity index (χ0) is 11.7. The van der Waals surface area contributed by atoms with E-state index in [4.69, 9.17) is 17.3 Å². The van der Waals surface area contributed by atoms with Crippen molar-refractivity contribution in [2.45, 2.75) is 26.8 Å². The van der Waals surface area contributed by atoms with Gasteiger partial charge in [0, 0.05) is 18.1 Å².